The van der Waals surface area contributed by atoms with Crippen molar-refractivity contribution in [2.75, 3.05) is 26.2 Å². The van der Waals surface area contributed by atoms with Gasteiger partial charge in [-0.25, -0.2) is 4.72 Å². The molecule has 12 heteroatoms. The number of fused-ring (bicyclic) bond motifs is 1. The maximum atomic E-state index is 12.2. The number of phenolic OH excluding ortho intramolecular Hbond substituents is 1. The van der Waals surface area contributed by atoms with E-state index in [-0.39, 0.29) is 42.0 Å². The summed E-state index contributed by atoms with van der Waals surface area (Å²) < 4.78 is 40.4. The van der Waals surface area contributed by atoms with E-state index in [4.69, 9.17) is 9.47 Å². The molecule has 162 valence electrons. The minimum Gasteiger partial charge on any atom is -0.505 e. The molecule has 4 rings (SSSR count). The monoisotopic (exact) mass is 445 g/mol. The average molecular weight is 445 g/mol. The number of nitrogens with zero attached hydrogens (tertiary/aromatic N) is 3. The Hall–Kier alpha value is -3.80. The number of rotatable bonds is 4. The number of aromatic hydroxyl groups is 1. The SMILES string of the molecule is CN(C)C(=O)c1cccc(NC2=NS(=O)(=O)NC2=NCc2ccc3c(c2)OCO3)c1O. The second-order valence-corrected chi connectivity index (χ2v) is 8.23. The number of amidine groups is 2. The van der Waals surface area contributed by atoms with E-state index < -0.39 is 16.1 Å². The first-order valence-electron chi connectivity index (χ1n) is 9.10. The molecule has 0 radical (unpaired) electrons. The molecule has 0 aliphatic carbocycles. The molecule has 0 fully saturated rings. The molecule has 0 bridgehead atoms. The fourth-order valence-electron chi connectivity index (χ4n) is 2.94. The molecule has 11 nitrogen and oxygen atoms in total. The van der Waals surface area contributed by atoms with E-state index in [1.54, 1.807) is 38.4 Å². The maximum Gasteiger partial charge on any atom is 0.345 e. The van der Waals surface area contributed by atoms with Gasteiger partial charge in [-0.2, -0.15) is 8.42 Å². The highest BCUT2D eigenvalue weighted by Gasteiger charge is 2.28. The van der Waals surface area contributed by atoms with Gasteiger partial charge in [-0.05, 0) is 29.8 Å². The minimum atomic E-state index is -3.99. The Bertz CT molecular complexity index is 1220. The van der Waals surface area contributed by atoms with Crippen LogP contribution in [0.4, 0.5) is 5.69 Å². The number of nitrogens with one attached hydrogen (secondary N) is 2. The van der Waals surface area contributed by atoms with Crippen LogP contribution in [-0.2, 0) is 16.8 Å². The van der Waals surface area contributed by atoms with Crippen molar-refractivity contribution in [2.24, 2.45) is 9.39 Å². The van der Waals surface area contributed by atoms with E-state index in [1.807, 2.05) is 0 Å². The van der Waals surface area contributed by atoms with Crippen molar-refractivity contribution in [3.05, 3.63) is 47.5 Å². The molecule has 0 aromatic heterocycles. The van der Waals surface area contributed by atoms with Crippen LogP contribution in [0.5, 0.6) is 17.2 Å². The molecule has 2 aliphatic heterocycles. The first kappa shape index (κ1) is 20.5. The largest absolute Gasteiger partial charge is 0.505 e. The number of hydrogen-bond acceptors (Lipinski definition) is 8. The molecule has 0 atom stereocenters. The summed E-state index contributed by atoms with van der Waals surface area (Å²) in [6.45, 7) is 0.285. The van der Waals surface area contributed by atoms with Crippen molar-refractivity contribution in [3.8, 4) is 17.2 Å². The summed E-state index contributed by atoms with van der Waals surface area (Å²) in [5.41, 5.74) is 0.938. The summed E-state index contributed by atoms with van der Waals surface area (Å²) in [5.74, 6) is 0.348. The smallest absolute Gasteiger partial charge is 0.345 e. The van der Waals surface area contributed by atoms with E-state index in [2.05, 4.69) is 19.4 Å². The Morgan fingerprint density at radius 3 is 2.81 bits per heavy atom. The number of benzene rings is 2. The molecule has 2 aromatic carbocycles. The first-order chi connectivity index (χ1) is 14.7. The van der Waals surface area contributed by atoms with Gasteiger partial charge in [0.15, 0.2) is 28.9 Å². The van der Waals surface area contributed by atoms with Gasteiger partial charge in [-0.1, -0.05) is 12.1 Å². The lowest BCUT2D eigenvalue weighted by molar-refractivity contribution is 0.0824. The molecule has 0 saturated heterocycles. The fraction of sp³-hybridized carbons (Fsp3) is 0.211. The molecular formula is C19H19N5O6S. The number of anilines is 1. The van der Waals surface area contributed by atoms with Gasteiger partial charge in [0.2, 0.25) is 6.79 Å². The van der Waals surface area contributed by atoms with Gasteiger partial charge < -0.3 is 24.8 Å². The van der Waals surface area contributed by atoms with Crippen LogP contribution in [0.1, 0.15) is 15.9 Å². The van der Waals surface area contributed by atoms with Crippen molar-refractivity contribution < 1.29 is 27.8 Å². The van der Waals surface area contributed by atoms with Crippen molar-refractivity contribution >= 4 is 33.5 Å². The van der Waals surface area contributed by atoms with Crippen LogP contribution in [0.3, 0.4) is 0 Å². The Morgan fingerprint density at radius 1 is 1.26 bits per heavy atom. The second-order valence-electron chi connectivity index (χ2n) is 6.90. The Kier molecular flexibility index (Phi) is 5.15. The summed E-state index contributed by atoms with van der Waals surface area (Å²) in [6, 6.07) is 9.79. The van der Waals surface area contributed by atoms with Crippen LogP contribution in [0.25, 0.3) is 0 Å². The van der Waals surface area contributed by atoms with Gasteiger partial charge in [0.1, 0.15) is 0 Å². The number of hydrogen-bond donors (Lipinski definition) is 3. The molecule has 31 heavy (non-hydrogen) atoms. The fourth-order valence-corrected chi connectivity index (χ4v) is 3.76. The molecule has 1 amide bonds. The zero-order valence-electron chi connectivity index (χ0n) is 16.6. The highest BCUT2D eigenvalue weighted by Crippen LogP contribution is 2.33. The van der Waals surface area contributed by atoms with E-state index in [1.165, 1.54) is 17.0 Å². The number of amides is 1. The normalized spacial score (nSPS) is 17.2. The van der Waals surface area contributed by atoms with E-state index in [9.17, 15) is 18.3 Å². The van der Waals surface area contributed by atoms with Gasteiger partial charge in [0.05, 0.1) is 17.8 Å². The lowest BCUT2D eigenvalue weighted by Crippen LogP contribution is -2.30. The lowest BCUT2D eigenvalue weighted by atomic mass is 10.1. The van der Waals surface area contributed by atoms with Crippen molar-refractivity contribution in [3.63, 3.8) is 0 Å². The third-order valence-electron chi connectivity index (χ3n) is 4.44. The summed E-state index contributed by atoms with van der Waals surface area (Å²) in [7, 11) is -0.876. The Morgan fingerprint density at radius 2 is 2.03 bits per heavy atom. The van der Waals surface area contributed by atoms with Crippen molar-refractivity contribution in [1.82, 2.24) is 9.62 Å². The number of phenols is 1. The topological polar surface area (TPSA) is 142 Å². The number of aliphatic imine (C=N–C) groups is 1. The van der Waals surface area contributed by atoms with Crippen molar-refractivity contribution in [2.45, 2.75) is 6.54 Å². The van der Waals surface area contributed by atoms with Crippen LogP contribution in [0.15, 0.2) is 45.8 Å². The average Bonchev–Trinajstić information content (AvgIpc) is 3.30. The number of carbonyl (C=O) groups excluding carboxylic acids is 1. The molecule has 2 aliphatic rings. The quantitative estimate of drug-likeness (QED) is 0.598. The number of para-hydroxylation sites is 1. The summed E-state index contributed by atoms with van der Waals surface area (Å²) >= 11 is 0. The van der Waals surface area contributed by atoms with Crippen LogP contribution in [-0.4, -0.2) is 56.9 Å². The number of carbonyl (C=O) groups is 1. The summed E-state index contributed by atoms with van der Waals surface area (Å²) in [5, 5.41) is 13.2. The summed E-state index contributed by atoms with van der Waals surface area (Å²) in [4.78, 5) is 17.8. The molecule has 3 N–H and O–H groups in total. The molecule has 0 saturated carbocycles. The molecule has 0 unspecified atom stereocenters. The third-order valence-corrected chi connectivity index (χ3v) is 5.32. The van der Waals surface area contributed by atoms with Gasteiger partial charge in [-0.3, -0.25) is 9.79 Å². The van der Waals surface area contributed by atoms with Gasteiger partial charge in [0.25, 0.3) is 5.91 Å². The molecule has 2 heterocycles. The van der Waals surface area contributed by atoms with Gasteiger partial charge in [-0.15, -0.1) is 4.40 Å². The highest BCUT2D eigenvalue weighted by molar-refractivity contribution is 7.89. The van der Waals surface area contributed by atoms with Gasteiger partial charge >= 0.3 is 10.2 Å². The Balaban J connectivity index is 1.59. The molecule has 0 spiro atoms. The molecule has 2 aromatic rings. The number of ether oxygens (including phenoxy) is 2. The van der Waals surface area contributed by atoms with Crippen molar-refractivity contribution in [1.29, 1.82) is 0 Å². The maximum absolute atomic E-state index is 12.2. The Labute approximate surface area is 178 Å². The van der Waals surface area contributed by atoms with E-state index in [0.717, 1.165) is 5.56 Å². The predicted octanol–water partition coefficient (Wildman–Crippen LogP) is 1.08. The van der Waals surface area contributed by atoms with E-state index >= 15 is 0 Å². The lowest BCUT2D eigenvalue weighted by Gasteiger charge is -2.14. The predicted molar refractivity (Wildman–Crippen MR) is 113 cm³/mol. The second kappa shape index (κ2) is 7.80. The third kappa shape index (κ3) is 4.23. The molecular weight excluding hydrogens is 426 g/mol. The van der Waals surface area contributed by atoms with Gasteiger partial charge in [0, 0.05) is 14.1 Å². The first-order valence-corrected chi connectivity index (χ1v) is 10.5. The summed E-state index contributed by atoms with van der Waals surface area (Å²) in [6.07, 6.45) is 0. The van der Waals surface area contributed by atoms with Crippen LogP contribution < -0.4 is 19.5 Å². The van der Waals surface area contributed by atoms with Crippen LogP contribution in [0, 0.1) is 0 Å². The zero-order valence-corrected chi connectivity index (χ0v) is 17.4. The standard InChI is InChI=1S/C19H19N5O6S/c1-24(2)19(26)12-4-3-5-13(16(12)25)21-18-17(22-31(27,28)23-18)20-9-11-6-7-14-15(8-11)30-10-29-14/h3-8,25H,9-10H2,1-2H3,(H,20,22)(H,21,23). The van der Waals surface area contributed by atoms with Crippen LogP contribution in [0.2, 0.25) is 0 Å². The minimum absolute atomic E-state index is 0.0265. The zero-order chi connectivity index (χ0) is 22.2. The van der Waals surface area contributed by atoms with Crippen LogP contribution >= 0.6 is 0 Å². The van der Waals surface area contributed by atoms with E-state index in [0.29, 0.717) is 11.5 Å². The highest BCUT2D eigenvalue weighted by atomic mass is 32.2.